The third-order valence-electron chi connectivity index (χ3n) is 7.17. The molecule has 10 heteroatoms. The average molecular weight is 618 g/mol. The largest absolute Gasteiger partial charge is 0.457 e. The summed E-state index contributed by atoms with van der Waals surface area (Å²) in [5.41, 5.74) is 1.49. The summed E-state index contributed by atoms with van der Waals surface area (Å²) in [5, 5.41) is 7.29. The molecule has 0 unspecified atom stereocenters. The lowest BCUT2D eigenvalue weighted by molar-refractivity contribution is -0.137. The molecular formula is C35H34F3N3O4. The van der Waals surface area contributed by atoms with Crippen LogP contribution in [-0.4, -0.2) is 24.4 Å². The van der Waals surface area contributed by atoms with Gasteiger partial charge in [0.2, 0.25) is 11.8 Å². The van der Waals surface area contributed by atoms with E-state index in [0.717, 1.165) is 54.3 Å². The Morgan fingerprint density at radius 1 is 0.756 bits per heavy atom. The Labute approximate surface area is 259 Å². The molecule has 0 radical (unpaired) electrons. The summed E-state index contributed by atoms with van der Waals surface area (Å²) < 4.78 is 44.5. The number of aliphatic imine (C=N–C) groups is 1. The van der Waals surface area contributed by atoms with Gasteiger partial charge in [0.05, 0.1) is 5.56 Å². The molecule has 0 saturated carbocycles. The molecular weight excluding hydrogens is 583 g/mol. The minimum Gasteiger partial charge on any atom is -0.457 e. The maximum Gasteiger partial charge on any atom is 0.416 e. The second-order valence-corrected chi connectivity index (χ2v) is 10.6. The zero-order valence-corrected chi connectivity index (χ0v) is 24.7. The highest BCUT2D eigenvalue weighted by molar-refractivity contribution is 6.00. The number of halogens is 3. The van der Waals surface area contributed by atoms with Crippen molar-refractivity contribution < 1.29 is 32.3 Å². The number of alkyl halides is 3. The monoisotopic (exact) mass is 617 g/mol. The highest BCUT2D eigenvalue weighted by Crippen LogP contribution is 2.33. The summed E-state index contributed by atoms with van der Waals surface area (Å²) in [6.45, 7) is 3.88. The van der Waals surface area contributed by atoms with Crippen LogP contribution in [0.2, 0.25) is 0 Å². The van der Waals surface area contributed by atoms with Gasteiger partial charge in [0.1, 0.15) is 11.5 Å². The molecule has 0 saturated heterocycles. The zero-order valence-electron chi connectivity index (χ0n) is 24.7. The van der Waals surface area contributed by atoms with Gasteiger partial charge in [0.25, 0.3) is 5.91 Å². The number of carbonyl (C=O) groups excluding carboxylic acids is 3. The molecule has 0 aromatic heterocycles. The fourth-order valence-corrected chi connectivity index (χ4v) is 4.74. The first-order chi connectivity index (χ1) is 21.6. The number of nitrogens with one attached hydrogen (secondary N) is 2. The third kappa shape index (κ3) is 10.0. The van der Waals surface area contributed by atoms with Gasteiger partial charge in [-0.1, -0.05) is 49.2 Å². The minimum absolute atomic E-state index is 0.0400. The van der Waals surface area contributed by atoms with Crippen LogP contribution in [-0.2, 0) is 28.9 Å². The van der Waals surface area contributed by atoms with Crippen molar-refractivity contribution in [2.24, 2.45) is 4.99 Å². The first-order valence-corrected chi connectivity index (χ1v) is 14.6. The molecule has 3 amide bonds. The number of hydrogen-bond acceptors (Lipinski definition) is 4. The Balaban J connectivity index is 1.26. The smallest absolute Gasteiger partial charge is 0.416 e. The highest BCUT2D eigenvalue weighted by atomic mass is 19.4. The Morgan fingerprint density at radius 3 is 2.11 bits per heavy atom. The van der Waals surface area contributed by atoms with Crippen LogP contribution >= 0.6 is 0 Å². The maximum atomic E-state index is 12.9. The molecule has 0 spiro atoms. The first-order valence-electron chi connectivity index (χ1n) is 14.6. The quantitative estimate of drug-likeness (QED) is 0.112. The summed E-state index contributed by atoms with van der Waals surface area (Å²) in [6.07, 6.45) is -0.403. The number of carbonyl (C=O) groups is 3. The molecule has 4 aromatic rings. The maximum absolute atomic E-state index is 12.9. The summed E-state index contributed by atoms with van der Waals surface area (Å²) in [7, 11) is 0. The molecule has 0 atom stereocenters. The predicted octanol–water partition coefficient (Wildman–Crippen LogP) is 7.76. The summed E-state index contributed by atoms with van der Waals surface area (Å²) in [6, 6.07) is 22.5. The molecule has 0 aliphatic rings. The summed E-state index contributed by atoms with van der Waals surface area (Å²) >= 11 is 0. The Bertz CT molecular complexity index is 1650. The van der Waals surface area contributed by atoms with Gasteiger partial charge < -0.3 is 15.4 Å². The SMILES string of the molecule is C=NC(=O)CCCCCCC(=O)NCc1cccc(CNC(=O)c2ccc3c(Oc4ccc(C(F)(F)F)cc4)cccc3c2)c1. The number of amides is 3. The Kier molecular flexibility index (Phi) is 11.4. The third-order valence-corrected chi connectivity index (χ3v) is 7.17. The van der Waals surface area contributed by atoms with Crippen LogP contribution in [0, 0.1) is 0 Å². The van der Waals surface area contributed by atoms with Gasteiger partial charge in [-0.15, -0.1) is 0 Å². The van der Waals surface area contributed by atoms with Gasteiger partial charge in [-0.25, -0.2) is 4.99 Å². The second-order valence-electron chi connectivity index (χ2n) is 10.6. The molecule has 0 heterocycles. The van der Waals surface area contributed by atoms with Crippen LogP contribution in [0.25, 0.3) is 10.8 Å². The highest BCUT2D eigenvalue weighted by Gasteiger charge is 2.30. The summed E-state index contributed by atoms with van der Waals surface area (Å²) in [5.74, 6) is 0.212. The lowest BCUT2D eigenvalue weighted by Gasteiger charge is -2.12. The topological polar surface area (TPSA) is 96.9 Å². The molecule has 0 aliphatic carbocycles. The molecule has 0 bridgehead atoms. The lowest BCUT2D eigenvalue weighted by atomic mass is 10.1. The van der Waals surface area contributed by atoms with E-state index in [1.807, 2.05) is 30.3 Å². The van der Waals surface area contributed by atoms with E-state index < -0.39 is 11.7 Å². The van der Waals surface area contributed by atoms with Crippen molar-refractivity contribution in [2.75, 3.05) is 0 Å². The van der Waals surface area contributed by atoms with Crippen LogP contribution in [0.15, 0.2) is 89.9 Å². The Morgan fingerprint density at radius 2 is 1.42 bits per heavy atom. The predicted molar refractivity (Wildman–Crippen MR) is 167 cm³/mol. The van der Waals surface area contributed by atoms with Crippen LogP contribution in [0.3, 0.4) is 0 Å². The van der Waals surface area contributed by atoms with Crippen LogP contribution < -0.4 is 15.4 Å². The van der Waals surface area contributed by atoms with Crippen molar-refractivity contribution in [3.8, 4) is 11.5 Å². The van der Waals surface area contributed by atoms with E-state index in [1.165, 1.54) is 12.1 Å². The fourth-order valence-electron chi connectivity index (χ4n) is 4.74. The fraction of sp³-hybridized carbons (Fsp3) is 0.257. The number of rotatable bonds is 14. The number of nitrogens with zero attached hydrogens (tertiary/aromatic N) is 1. The van der Waals surface area contributed by atoms with Crippen molar-refractivity contribution in [1.82, 2.24) is 10.6 Å². The van der Waals surface area contributed by atoms with Crippen LogP contribution in [0.5, 0.6) is 11.5 Å². The van der Waals surface area contributed by atoms with Crippen molar-refractivity contribution in [3.63, 3.8) is 0 Å². The normalized spacial score (nSPS) is 11.2. The van der Waals surface area contributed by atoms with E-state index in [0.29, 0.717) is 42.6 Å². The number of hydrogen-bond donors (Lipinski definition) is 2. The molecule has 4 aromatic carbocycles. The number of fused-ring (bicyclic) bond motifs is 1. The van der Waals surface area contributed by atoms with Crippen molar-refractivity contribution in [1.29, 1.82) is 0 Å². The van der Waals surface area contributed by atoms with Gasteiger partial charge in [-0.3, -0.25) is 14.4 Å². The Hall–Kier alpha value is -4.99. The van der Waals surface area contributed by atoms with Gasteiger partial charge in [-0.2, -0.15) is 13.2 Å². The molecule has 2 N–H and O–H groups in total. The van der Waals surface area contributed by atoms with Crippen LogP contribution in [0.1, 0.15) is 65.6 Å². The van der Waals surface area contributed by atoms with E-state index in [2.05, 4.69) is 22.3 Å². The lowest BCUT2D eigenvalue weighted by Crippen LogP contribution is -2.24. The van der Waals surface area contributed by atoms with E-state index >= 15 is 0 Å². The number of ether oxygens (including phenoxy) is 1. The van der Waals surface area contributed by atoms with E-state index in [1.54, 1.807) is 30.3 Å². The first kappa shape index (κ1) is 32.9. The summed E-state index contributed by atoms with van der Waals surface area (Å²) in [4.78, 5) is 39.7. The molecule has 7 nitrogen and oxygen atoms in total. The van der Waals surface area contributed by atoms with E-state index in [9.17, 15) is 27.6 Å². The van der Waals surface area contributed by atoms with Gasteiger partial charge >= 0.3 is 6.18 Å². The van der Waals surface area contributed by atoms with Gasteiger partial charge in [0, 0.05) is 36.9 Å². The number of unbranched alkanes of at least 4 members (excludes halogenated alkanes) is 3. The molecule has 0 aliphatic heterocycles. The van der Waals surface area contributed by atoms with E-state index in [4.69, 9.17) is 4.74 Å². The molecule has 4 rings (SSSR count). The molecule has 0 fully saturated rings. The van der Waals surface area contributed by atoms with Crippen molar-refractivity contribution in [2.45, 2.75) is 57.8 Å². The molecule has 45 heavy (non-hydrogen) atoms. The van der Waals surface area contributed by atoms with Crippen molar-refractivity contribution >= 4 is 35.2 Å². The van der Waals surface area contributed by atoms with Crippen LogP contribution in [0.4, 0.5) is 13.2 Å². The second kappa shape index (κ2) is 15.7. The average Bonchev–Trinajstić information content (AvgIpc) is 3.04. The van der Waals surface area contributed by atoms with Gasteiger partial charge in [0.15, 0.2) is 0 Å². The van der Waals surface area contributed by atoms with Gasteiger partial charge in [-0.05, 0) is 84.6 Å². The van der Waals surface area contributed by atoms with Crippen molar-refractivity contribution in [3.05, 3.63) is 107 Å². The van der Waals surface area contributed by atoms with E-state index in [-0.39, 0.29) is 23.5 Å². The number of benzene rings is 4. The molecule has 234 valence electrons. The standard InChI is InChI=1S/C35H34F3N3O4/c1-39-32(42)12-4-2-3-5-13-33(43)40-22-24-8-6-9-25(20-24)23-41-34(44)27-14-19-30-26(21-27)10-7-11-31(30)45-29-17-15-28(16-18-29)35(36,37)38/h6-11,14-21H,1-5,12-13,22-23H2,(H,40,43)(H,41,44). The minimum atomic E-state index is -4.43. The zero-order chi connectivity index (χ0) is 32.2.